The standard InChI is InChI=1S/C13H10ClN5OS/c14-11-4-3-9(19-8-15-17-18-19)6-12(11)16-13(20)7-10-2-1-5-21-10/h1-6,8H,7H2,(H,16,20). The van der Waals surface area contributed by atoms with Crippen LogP contribution in [0.1, 0.15) is 4.88 Å². The highest BCUT2D eigenvalue weighted by Gasteiger charge is 2.09. The largest absolute Gasteiger partial charge is 0.324 e. The number of anilines is 1. The molecule has 106 valence electrons. The maximum Gasteiger partial charge on any atom is 0.229 e. The lowest BCUT2D eigenvalue weighted by Crippen LogP contribution is -2.14. The first-order chi connectivity index (χ1) is 10.2. The molecule has 1 amide bonds. The lowest BCUT2D eigenvalue weighted by molar-refractivity contribution is -0.115. The molecule has 0 spiro atoms. The summed E-state index contributed by atoms with van der Waals surface area (Å²) in [5.41, 5.74) is 1.25. The predicted octanol–water partition coefficient (Wildman–Crippen LogP) is 2.56. The van der Waals surface area contributed by atoms with Gasteiger partial charge in [-0.05, 0) is 40.1 Å². The normalized spacial score (nSPS) is 10.5. The monoisotopic (exact) mass is 319 g/mol. The van der Waals surface area contributed by atoms with E-state index in [4.69, 9.17) is 11.6 Å². The number of aromatic nitrogens is 4. The van der Waals surface area contributed by atoms with E-state index in [1.54, 1.807) is 29.5 Å². The fraction of sp³-hybridized carbons (Fsp3) is 0.0769. The van der Waals surface area contributed by atoms with Gasteiger partial charge in [-0.15, -0.1) is 16.4 Å². The van der Waals surface area contributed by atoms with Crippen LogP contribution in [0.15, 0.2) is 42.0 Å². The zero-order valence-corrected chi connectivity index (χ0v) is 12.3. The maximum absolute atomic E-state index is 12.0. The predicted molar refractivity (Wildman–Crippen MR) is 80.8 cm³/mol. The van der Waals surface area contributed by atoms with Gasteiger partial charge in [-0.25, -0.2) is 4.68 Å². The average molecular weight is 320 g/mol. The Morgan fingerprint density at radius 2 is 2.29 bits per heavy atom. The molecule has 0 aliphatic rings. The molecule has 3 rings (SSSR count). The molecule has 8 heteroatoms. The molecule has 0 aliphatic carbocycles. The van der Waals surface area contributed by atoms with Gasteiger partial charge in [0.15, 0.2) is 0 Å². The van der Waals surface area contributed by atoms with Gasteiger partial charge in [0.05, 0.1) is 22.8 Å². The fourth-order valence-corrected chi connectivity index (χ4v) is 2.67. The van der Waals surface area contributed by atoms with Crippen molar-refractivity contribution >= 4 is 34.5 Å². The summed E-state index contributed by atoms with van der Waals surface area (Å²) in [6.07, 6.45) is 1.80. The van der Waals surface area contributed by atoms with Crippen molar-refractivity contribution in [3.05, 3.63) is 51.9 Å². The van der Waals surface area contributed by atoms with Gasteiger partial charge in [0.25, 0.3) is 0 Å². The highest BCUT2D eigenvalue weighted by molar-refractivity contribution is 7.10. The van der Waals surface area contributed by atoms with Crippen LogP contribution < -0.4 is 5.32 Å². The van der Waals surface area contributed by atoms with Gasteiger partial charge in [-0.2, -0.15) is 0 Å². The number of carbonyl (C=O) groups excluding carboxylic acids is 1. The summed E-state index contributed by atoms with van der Waals surface area (Å²) in [7, 11) is 0. The zero-order valence-electron chi connectivity index (χ0n) is 10.7. The van der Waals surface area contributed by atoms with Gasteiger partial charge >= 0.3 is 0 Å². The molecule has 6 nitrogen and oxygen atoms in total. The van der Waals surface area contributed by atoms with Crippen LogP contribution >= 0.6 is 22.9 Å². The Morgan fingerprint density at radius 1 is 1.38 bits per heavy atom. The summed E-state index contributed by atoms with van der Waals surface area (Å²) < 4.78 is 1.49. The summed E-state index contributed by atoms with van der Waals surface area (Å²) in [5, 5.41) is 16.2. The van der Waals surface area contributed by atoms with Gasteiger partial charge in [0.1, 0.15) is 6.33 Å². The second-order valence-corrected chi connectivity index (χ2v) is 5.66. The van der Waals surface area contributed by atoms with Gasteiger partial charge in [-0.1, -0.05) is 17.7 Å². The first kappa shape index (κ1) is 13.7. The number of amides is 1. The molecule has 0 saturated heterocycles. The van der Waals surface area contributed by atoms with Crippen LogP contribution in [0.3, 0.4) is 0 Å². The molecule has 2 heterocycles. The Balaban J connectivity index is 1.78. The quantitative estimate of drug-likeness (QED) is 0.802. The van der Waals surface area contributed by atoms with E-state index in [-0.39, 0.29) is 5.91 Å². The highest BCUT2D eigenvalue weighted by atomic mass is 35.5. The minimum Gasteiger partial charge on any atom is -0.324 e. The average Bonchev–Trinajstić information content (AvgIpc) is 3.14. The van der Waals surface area contributed by atoms with Crippen LogP contribution in [-0.4, -0.2) is 26.1 Å². The minimum atomic E-state index is -0.117. The fourth-order valence-electron chi connectivity index (χ4n) is 1.80. The van der Waals surface area contributed by atoms with Crippen molar-refractivity contribution in [2.75, 3.05) is 5.32 Å². The van der Waals surface area contributed by atoms with Crippen molar-refractivity contribution < 1.29 is 4.79 Å². The number of hydrogen-bond acceptors (Lipinski definition) is 5. The molecule has 1 aromatic carbocycles. The summed E-state index contributed by atoms with van der Waals surface area (Å²) in [6, 6.07) is 9.03. The second-order valence-electron chi connectivity index (χ2n) is 4.22. The Labute approximate surface area is 129 Å². The Hall–Kier alpha value is -2.25. The second kappa shape index (κ2) is 6.02. The van der Waals surface area contributed by atoms with E-state index >= 15 is 0 Å². The number of nitrogens with one attached hydrogen (secondary N) is 1. The molecule has 1 N–H and O–H groups in total. The molecule has 0 bridgehead atoms. The molecule has 0 aliphatic heterocycles. The number of carbonyl (C=O) groups is 1. The third-order valence-electron chi connectivity index (χ3n) is 2.75. The van der Waals surface area contributed by atoms with Crippen molar-refractivity contribution in [2.45, 2.75) is 6.42 Å². The topological polar surface area (TPSA) is 72.7 Å². The van der Waals surface area contributed by atoms with E-state index in [1.165, 1.54) is 11.0 Å². The number of tetrazole rings is 1. The smallest absolute Gasteiger partial charge is 0.229 e. The summed E-state index contributed by atoms with van der Waals surface area (Å²) >= 11 is 7.65. The van der Waals surface area contributed by atoms with E-state index in [1.807, 2.05) is 17.5 Å². The van der Waals surface area contributed by atoms with Crippen molar-refractivity contribution in [3.63, 3.8) is 0 Å². The molecule has 0 saturated carbocycles. The van der Waals surface area contributed by atoms with Gasteiger partial charge in [-0.3, -0.25) is 4.79 Å². The van der Waals surface area contributed by atoms with Crippen molar-refractivity contribution in [1.82, 2.24) is 20.2 Å². The zero-order chi connectivity index (χ0) is 14.7. The summed E-state index contributed by atoms with van der Waals surface area (Å²) in [6.45, 7) is 0. The van der Waals surface area contributed by atoms with E-state index in [9.17, 15) is 4.79 Å². The molecule has 0 atom stereocenters. The summed E-state index contributed by atoms with van der Waals surface area (Å²) in [4.78, 5) is 13.0. The Bertz CT molecular complexity index is 742. The van der Waals surface area contributed by atoms with Crippen LogP contribution in [0.4, 0.5) is 5.69 Å². The van der Waals surface area contributed by atoms with Crippen molar-refractivity contribution in [1.29, 1.82) is 0 Å². The van der Waals surface area contributed by atoms with E-state index in [2.05, 4.69) is 20.8 Å². The molecule has 3 aromatic rings. The maximum atomic E-state index is 12.0. The number of halogens is 1. The molecule has 0 fully saturated rings. The van der Waals surface area contributed by atoms with E-state index < -0.39 is 0 Å². The Kier molecular flexibility index (Phi) is 3.94. The van der Waals surface area contributed by atoms with Gasteiger partial charge < -0.3 is 5.32 Å². The lowest BCUT2D eigenvalue weighted by Gasteiger charge is -2.08. The number of hydrogen-bond donors (Lipinski definition) is 1. The minimum absolute atomic E-state index is 0.117. The van der Waals surface area contributed by atoms with Crippen LogP contribution in [0.25, 0.3) is 5.69 Å². The number of benzene rings is 1. The third-order valence-corrected chi connectivity index (χ3v) is 3.96. The van der Waals surface area contributed by atoms with Crippen molar-refractivity contribution in [2.24, 2.45) is 0 Å². The first-order valence-corrected chi connectivity index (χ1v) is 7.33. The number of nitrogens with zero attached hydrogens (tertiary/aromatic N) is 4. The summed E-state index contributed by atoms with van der Waals surface area (Å²) in [5.74, 6) is -0.117. The van der Waals surface area contributed by atoms with Gasteiger partial charge in [0.2, 0.25) is 5.91 Å². The molecular formula is C13H10ClN5OS. The van der Waals surface area contributed by atoms with E-state index in [0.717, 1.165) is 10.6 Å². The molecule has 0 radical (unpaired) electrons. The van der Waals surface area contributed by atoms with Crippen LogP contribution in [0, 0.1) is 0 Å². The number of rotatable bonds is 4. The molecular weight excluding hydrogens is 310 g/mol. The lowest BCUT2D eigenvalue weighted by atomic mass is 10.2. The molecule has 0 unspecified atom stereocenters. The molecule has 21 heavy (non-hydrogen) atoms. The van der Waals surface area contributed by atoms with Crippen molar-refractivity contribution in [3.8, 4) is 5.69 Å². The SMILES string of the molecule is O=C(Cc1cccs1)Nc1cc(-n2cnnn2)ccc1Cl. The molecule has 2 aromatic heterocycles. The van der Waals surface area contributed by atoms with Crippen LogP contribution in [0.2, 0.25) is 5.02 Å². The van der Waals surface area contributed by atoms with Gasteiger partial charge in [0, 0.05) is 4.88 Å². The Morgan fingerprint density at radius 3 is 3.00 bits per heavy atom. The van der Waals surface area contributed by atoms with Crippen LogP contribution in [-0.2, 0) is 11.2 Å². The highest BCUT2D eigenvalue weighted by Crippen LogP contribution is 2.24. The third kappa shape index (κ3) is 3.26. The number of thiophene rings is 1. The first-order valence-electron chi connectivity index (χ1n) is 6.07. The van der Waals surface area contributed by atoms with Crippen LogP contribution in [0.5, 0.6) is 0 Å². The van der Waals surface area contributed by atoms with E-state index in [0.29, 0.717) is 17.1 Å².